The predicted octanol–water partition coefficient (Wildman–Crippen LogP) is 3.99. The molecule has 7 heteroatoms. The first kappa shape index (κ1) is 21.3. The van der Waals surface area contributed by atoms with Crippen LogP contribution in [0.1, 0.15) is 35.7 Å². The van der Waals surface area contributed by atoms with Crippen LogP contribution in [-0.2, 0) is 11.3 Å². The van der Waals surface area contributed by atoms with Gasteiger partial charge in [-0.05, 0) is 37.6 Å². The average Bonchev–Trinajstić information content (AvgIpc) is 2.66. The summed E-state index contributed by atoms with van der Waals surface area (Å²) in [5.41, 5.74) is 0.776. The standard InChI is InChI=1S/C21H23F2NO4/c1-14(25)15-7-9-19(20(11-15)27-3)28-10-4-5-21(26)24(2)13-16-6-8-17(22)12-18(16)23/h6-9,11-12H,4-5,10,13H2,1-3H3. The van der Waals surface area contributed by atoms with E-state index in [0.29, 0.717) is 23.5 Å². The van der Waals surface area contributed by atoms with Crippen molar-refractivity contribution in [3.8, 4) is 11.5 Å². The Labute approximate surface area is 162 Å². The summed E-state index contributed by atoms with van der Waals surface area (Å²) >= 11 is 0. The lowest BCUT2D eigenvalue weighted by molar-refractivity contribution is -0.130. The van der Waals surface area contributed by atoms with Gasteiger partial charge in [-0.15, -0.1) is 0 Å². The molecule has 0 aliphatic heterocycles. The van der Waals surface area contributed by atoms with Crippen molar-refractivity contribution in [2.75, 3.05) is 20.8 Å². The highest BCUT2D eigenvalue weighted by Gasteiger charge is 2.13. The SMILES string of the molecule is COc1cc(C(C)=O)ccc1OCCCC(=O)N(C)Cc1ccc(F)cc1F. The zero-order chi connectivity index (χ0) is 20.7. The number of Topliss-reactive ketones (excluding diaryl/α,β-unsaturated/α-hetero) is 1. The van der Waals surface area contributed by atoms with Crippen LogP contribution in [0.4, 0.5) is 8.78 Å². The van der Waals surface area contributed by atoms with Crippen LogP contribution in [0, 0.1) is 11.6 Å². The molecule has 0 aliphatic carbocycles. The lowest BCUT2D eigenvalue weighted by Crippen LogP contribution is -2.26. The number of nitrogens with zero attached hydrogens (tertiary/aromatic N) is 1. The summed E-state index contributed by atoms with van der Waals surface area (Å²) in [6.07, 6.45) is 0.667. The number of methoxy groups -OCH3 is 1. The van der Waals surface area contributed by atoms with E-state index in [1.54, 1.807) is 25.2 Å². The first-order chi connectivity index (χ1) is 13.3. The Balaban J connectivity index is 1.82. The lowest BCUT2D eigenvalue weighted by Gasteiger charge is -2.18. The maximum absolute atomic E-state index is 13.7. The summed E-state index contributed by atoms with van der Waals surface area (Å²) in [6.45, 7) is 1.81. The van der Waals surface area contributed by atoms with Gasteiger partial charge >= 0.3 is 0 Å². The number of benzene rings is 2. The molecule has 5 nitrogen and oxygen atoms in total. The highest BCUT2D eigenvalue weighted by atomic mass is 19.1. The van der Waals surface area contributed by atoms with Crippen LogP contribution < -0.4 is 9.47 Å². The fourth-order valence-electron chi connectivity index (χ4n) is 2.60. The Morgan fingerprint density at radius 3 is 2.46 bits per heavy atom. The van der Waals surface area contributed by atoms with Crippen molar-refractivity contribution >= 4 is 11.7 Å². The third kappa shape index (κ3) is 5.77. The van der Waals surface area contributed by atoms with Gasteiger partial charge in [0.25, 0.3) is 0 Å². The zero-order valence-corrected chi connectivity index (χ0v) is 16.1. The second-order valence-corrected chi connectivity index (χ2v) is 6.36. The van der Waals surface area contributed by atoms with E-state index in [4.69, 9.17) is 9.47 Å². The van der Waals surface area contributed by atoms with Crippen LogP contribution in [-0.4, -0.2) is 37.4 Å². The van der Waals surface area contributed by atoms with E-state index >= 15 is 0 Å². The van der Waals surface area contributed by atoms with Gasteiger partial charge in [0.05, 0.1) is 13.7 Å². The van der Waals surface area contributed by atoms with E-state index in [1.165, 1.54) is 25.0 Å². The van der Waals surface area contributed by atoms with E-state index in [-0.39, 0.29) is 36.8 Å². The maximum Gasteiger partial charge on any atom is 0.222 e. The summed E-state index contributed by atoms with van der Waals surface area (Å²) < 4.78 is 37.5. The van der Waals surface area contributed by atoms with Gasteiger partial charge in [0.1, 0.15) is 11.6 Å². The van der Waals surface area contributed by atoms with Crippen LogP contribution >= 0.6 is 0 Å². The molecule has 2 aromatic carbocycles. The second kappa shape index (κ2) is 9.82. The van der Waals surface area contributed by atoms with Gasteiger partial charge in [-0.25, -0.2) is 8.78 Å². The van der Waals surface area contributed by atoms with Crippen LogP contribution in [0.2, 0.25) is 0 Å². The molecule has 28 heavy (non-hydrogen) atoms. The average molecular weight is 391 g/mol. The topological polar surface area (TPSA) is 55.8 Å². The van der Waals surface area contributed by atoms with Crippen LogP contribution in [0.15, 0.2) is 36.4 Å². The molecular formula is C21H23F2NO4. The van der Waals surface area contributed by atoms with E-state index in [9.17, 15) is 18.4 Å². The lowest BCUT2D eigenvalue weighted by atomic mass is 10.1. The smallest absolute Gasteiger partial charge is 0.222 e. The summed E-state index contributed by atoms with van der Waals surface area (Å²) in [4.78, 5) is 25.0. The Hall–Kier alpha value is -2.96. The van der Waals surface area contributed by atoms with E-state index in [1.807, 2.05) is 0 Å². The number of ether oxygens (including phenoxy) is 2. The molecule has 0 N–H and O–H groups in total. The molecule has 0 heterocycles. The Morgan fingerprint density at radius 2 is 1.82 bits per heavy atom. The van der Waals surface area contributed by atoms with Crippen LogP contribution in [0.5, 0.6) is 11.5 Å². The number of hydrogen-bond acceptors (Lipinski definition) is 4. The zero-order valence-electron chi connectivity index (χ0n) is 16.1. The van der Waals surface area contributed by atoms with E-state index in [2.05, 4.69) is 0 Å². The molecule has 2 aromatic rings. The number of ketones is 1. The first-order valence-electron chi connectivity index (χ1n) is 8.81. The largest absolute Gasteiger partial charge is 0.493 e. The molecule has 2 rings (SSSR count). The molecular weight excluding hydrogens is 368 g/mol. The number of amides is 1. The van der Waals surface area contributed by atoms with Crippen molar-refractivity contribution < 1.29 is 27.8 Å². The molecule has 0 spiro atoms. The van der Waals surface area contributed by atoms with Gasteiger partial charge in [-0.1, -0.05) is 6.07 Å². The Bertz CT molecular complexity index is 854. The molecule has 1 amide bonds. The molecule has 0 radical (unpaired) electrons. The fraction of sp³-hybridized carbons (Fsp3) is 0.333. The van der Waals surface area contributed by atoms with Crippen LogP contribution in [0.25, 0.3) is 0 Å². The van der Waals surface area contributed by atoms with Gasteiger partial charge in [-0.2, -0.15) is 0 Å². The summed E-state index contributed by atoms with van der Waals surface area (Å²) in [7, 11) is 3.05. The molecule has 0 saturated carbocycles. The Morgan fingerprint density at radius 1 is 1.07 bits per heavy atom. The van der Waals surface area contributed by atoms with Gasteiger partial charge in [0.15, 0.2) is 17.3 Å². The summed E-state index contributed by atoms with van der Waals surface area (Å²) in [6, 6.07) is 8.20. The molecule has 0 aliphatic rings. The second-order valence-electron chi connectivity index (χ2n) is 6.36. The molecule has 0 aromatic heterocycles. The third-order valence-corrected chi connectivity index (χ3v) is 4.21. The van der Waals surface area contributed by atoms with Crippen molar-refractivity contribution in [1.82, 2.24) is 4.90 Å². The van der Waals surface area contributed by atoms with Gasteiger partial charge in [0, 0.05) is 37.2 Å². The van der Waals surface area contributed by atoms with Crippen molar-refractivity contribution in [1.29, 1.82) is 0 Å². The van der Waals surface area contributed by atoms with Crippen molar-refractivity contribution in [2.24, 2.45) is 0 Å². The van der Waals surface area contributed by atoms with Gasteiger partial charge in [0.2, 0.25) is 5.91 Å². The summed E-state index contributed by atoms with van der Waals surface area (Å²) in [5, 5.41) is 0. The number of halogens is 2. The molecule has 0 bridgehead atoms. The minimum atomic E-state index is -0.677. The fourth-order valence-corrected chi connectivity index (χ4v) is 2.60. The minimum absolute atomic E-state index is 0.0616. The molecule has 0 atom stereocenters. The van der Waals surface area contributed by atoms with E-state index in [0.717, 1.165) is 12.1 Å². The predicted molar refractivity (Wildman–Crippen MR) is 101 cm³/mol. The minimum Gasteiger partial charge on any atom is -0.493 e. The molecule has 0 fully saturated rings. The van der Waals surface area contributed by atoms with Crippen LogP contribution in [0.3, 0.4) is 0 Å². The van der Waals surface area contributed by atoms with Crippen molar-refractivity contribution in [2.45, 2.75) is 26.3 Å². The number of rotatable bonds is 9. The normalized spacial score (nSPS) is 10.5. The first-order valence-corrected chi connectivity index (χ1v) is 8.81. The number of carbonyl (C=O) groups is 2. The monoisotopic (exact) mass is 391 g/mol. The molecule has 0 saturated heterocycles. The quantitative estimate of drug-likeness (QED) is 0.479. The summed E-state index contributed by atoms with van der Waals surface area (Å²) in [5.74, 6) is -0.643. The number of carbonyl (C=O) groups excluding carboxylic acids is 2. The molecule has 0 unspecified atom stereocenters. The van der Waals surface area contributed by atoms with Crippen molar-refractivity contribution in [3.63, 3.8) is 0 Å². The number of hydrogen-bond donors (Lipinski definition) is 0. The van der Waals surface area contributed by atoms with Crippen molar-refractivity contribution in [3.05, 3.63) is 59.2 Å². The van der Waals surface area contributed by atoms with E-state index < -0.39 is 11.6 Å². The third-order valence-electron chi connectivity index (χ3n) is 4.21. The Kier molecular flexibility index (Phi) is 7.49. The van der Waals surface area contributed by atoms with Gasteiger partial charge < -0.3 is 14.4 Å². The highest BCUT2D eigenvalue weighted by Crippen LogP contribution is 2.28. The maximum atomic E-state index is 13.7. The molecule has 150 valence electrons. The highest BCUT2D eigenvalue weighted by molar-refractivity contribution is 5.94. The van der Waals surface area contributed by atoms with Gasteiger partial charge in [-0.3, -0.25) is 9.59 Å².